The lowest BCUT2D eigenvalue weighted by Gasteiger charge is -2.31. The first kappa shape index (κ1) is 15.3. The number of anilines is 1. The average molecular weight is 296 g/mol. The highest BCUT2D eigenvalue weighted by molar-refractivity contribution is 6.31. The third-order valence-electron chi connectivity index (χ3n) is 4.03. The van der Waals surface area contributed by atoms with Crippen molar-refractivity contribution in [3.05, 3.63) is 28.8 Å². The molecule has 0 unspecified atom stereocenters. The molecule has 110 valence electrons. The maximum atomic E-state index is 12.2. The summed E-state index contributed by atoms with van der Waals surface area (Å²) in [5, 5.41) is 3.67. The van der Waals surface area contributed by atoms with Crippen molar-refractivity contribution in [2.75, 3.05) is 25.0 Å². The van der Waals surface area contributed by atoms with Crippen molar-refractivity contribution < 1.29 is 9.69 Å². The molecule has 1 aliphatic rings. The molecular formula is C16H24ClN2O+. The normalized spacial score (nSPS) is 26.3. The third kappa shape index (κ3) is 3.97. The number of amides is 1. The summed E-state index contributed by atoms with van der Waals surface area (Å²) in [5.41, 5.74) is 1.75. The molecule has 0 bridgehead atoms. The largest absolute Gasteiger partial charge is 0.327 e. The molecule has 1 aliphatic heterocycles. The van der Waals surface area contributed by atoms with Gasteiger partial charge in [0.15, 0.2) is 6.54 Å². The van der Waals surface area contributed by atoms with E-state index in [9.17, 15) is 4.79 Å². The monoisotopic (exact) mass is 295 g/mol. The van der Waals surface area contributed by atoms with Gasteiger partial charge < -0.3 is 10.2 Å². The number of carbonyl (C=O) groups excluding carboxylic acids is 1. The molecule has 2 atom stereocenters. The van der Waals surface area contributed by atoms with Crippen LogP contribution >= 0.6 is 11.6 Å². The lowest BCUT2D eigenvalue weighted by atomic mass is 9.92. The van der Waals surface area contributed by atoms with Gasteiger partial charge in [0, 0.05) is 22.5 Å². The van der Waals surface area contributed by atoms with E-state index in [1.807, 2.05) is 25.1 Å². The Bertz CT molecular complexity index is 479. The average Bonchev–Trinajstić information content (AvgIpc) is 2.33. The molecule has 0 radical (unpaired) electrons. The van der Waals surface area contributed by atoms with E-state index in [1.54, 1.807) is 0 Å². The van der Waals surface area contributed by atoms with Gasteiger partial charge in [-0.25, -0.2) is 0 Å². The van der Waals surface area contributed by atoms with Crippen LogP contribution in [0.4, 0.5) is 5.69 Å². The smallest absolute Gasteiger partial charge is 0.279 e. The predicted molar refractivity (Wildman–Crippen MR) is 83.3 cm³/mol. The van der Waals surface area contributed by atoms with Gasteiger partial charge in [-0.3, -0.25) is 4.79 Å². The van der Waals surface area contributed by atoms with Crippen LogP contribution in [0.1, 0.15) is 25.8 Å². The Labute approximate surface area is 126 Å². The van der Waals surface area contributed by atoms with Crippen LogP contribution in [0.15, 0.2) is 18.2 Å². The minimum Gasteiger partial charge on any atom is -0.327 e. The Kier molecular flexibility index (Phi) is 5.06. The molecule has 1 fully saturated rings. The first-order chi connectivity index (χ1) is 9.45. The molecule has 0 saturated carbocycles. The molecule has 1 saturated heterocycles. The Hall–Kier alpha value is -1.06. The van der Waals surface area contributed by atoms with Crippen LogP contribution in [-0.2, 0) is 4.79 Å². The van der Waals surface area contributed by atoms with Crippen LogP contribution in [0, 0.1) is 18.8 Å². The Morgan fingerprint density at radius 1 is 1.35 bits per heavy atom. The molecule has 2 rings (SSSR count). The van der Waals surface area contributed by atoms with Gasteiger partial charge in [0.1, 0.15) is 0 Å². The summed E-state index contributed by atoms with van der Waals surface area (Å²) in [6.45, 7) is 9.19. The van der Waals surface area contributed by atoms with E-state index in [1.165, 1.54) is 11.3 Å². The van der Waals surface area contributed by atoms with Crippen molar-refractivity contribution in [1.82, 2.24) is 0 Å². The van der Waals surface area contributed by atoms with Crippen molar-refractivity contribution >= 4 is 23.2 Å². The summed E-state index contributed by atoms with van der Waals surface area (Å²) in [5.74, 6) is 1.48. The van der Waals surface area contributed by atoms with E-state index < -0.39 is 0 Å². The van der Waals surface area contributed by atoms with Gasteiger partial charge in [-0.2, -0.15) is 0 Å². The molecule has 1 aromatic carbocycles. The lowest BCUT2D eigenvalue weighted by molar-refractivity contribution is -0.904. The van der Waals surface area contributed by atoms with Crippen molar-refractivity contribution in [3.8, 4) is 0 Å². The molecule has 2 N–H and O–H groups in total. The van der Waals surface area contributed by atoms with E-state index in [-0.39, 0.29) is 5.91 Å². The highest BCUT2D eigenvalue weighted by Gasteiger charge is 2.26. The fourth-order valence-corrected chi connectivity index (χ4v) is 3.41. The van der Waals surface area contributed by atoms with Gasteiger partial charge in [-0.05, 0) is 31.0 Å². The summed E-state index contributed by atoms with van der Waals surface area (Å²) >= 11 is 6.07. The number of carbonyl (C=O) groups is 1. The first-order valence-corrected chi connectivity index (χ1v) is 7.72. The molecule has 3 nitrogen and oxygen atoms in total. The van der Waals surface area contributed by atoms with Crippen LogP contribution < -0.4 is 10.2 Å². The van der Waals surface area contributed by atoms with Gasteiger partial charge in [0.05, 0.1) is 13.1 Å². The highest BCUT2D eigenvalue weighted by atomic mass is 35.5. The second-order valence-electron chi connectivity index (χ2n) is 6.24. The van der Waals surface area contributed by atoms with Gasteiger partial charge >= 0.3 is 0 Å². The number of hydrogen-bond donors (Lipinski definition) is 2. The number of likely N-dealkylation sites (tertiary alicyclic amines) is 1. The molecule has 1 amide bonds. The molecule has 0 aromatic heterocycles. The highest BCUT2D eigenvalue weighted by Crippen LogP contribution is 2.22. The second-order valence-corrected chi connectivity index (χ2v) is 6.65. The van der Waals surface area contributed by atoms with E-state index in [0.29, 0.717) is 23.4 Å². The van der Waals surface area contributed by atoms with Crippen molar-refractivity contribution in [2.24, 2.45) is 11.8 Å². The fraction of sp³-hybridized carbons (Fsp3) is 0.562. The molecule has 0 spiro atoms. The number of benzene rings is 1. The van der Waals surface area contributed by atoms with Crippen molar-refractivity contribution in [2.45, 2.75) is 27.2 Å². The Morgan fingerprint density at radius 2 is 2.00 bits per heavy atom. The van der Waals surface area contributed by atoms with Gasteiger partial charge in [-0.15, -0.1) is 0 Å². The predicted octanol–water partition coefficient (Wildman–Crippen LogP) is 2.15. The molecule has 0 aliphatic carbocycles. The lowest BCUT2D eigenvalue weighted by Crippen LogP contribution is -3.15. The number of quaternary nitrogens is 1. The summed E-state index contributed by atoms with van der Waals surface area (Å²) in [7, 11) is 0. The van der Waals surface area contributed by atoms with E-state index in [2.05, 4.69) is 19.2 Å². The molecule has 1 aromatic rings. The van der Waals surface area contributed by atoms with Crippen LogP contribution in [-0.4, -0.2) is 25.5 Å². The zero-order valence-electron chi connectivity index (χ0n) is 12.5. The third-order valence-corrected chi connectivity index (χ3v) is 4.44. The summed E-state index contributed by atoms with van der Waals surface area (Å²) < 4.78 is 0. The summed E-state index contributed by atoms with van der Waals surface area (Å²) in [6.07, 6.45) is 1.28. The number of rotatable bonds is 3. The Morgan fingerprint density at radius 3 is 2.65 bits per heavy atom. The van der Waals surface area contributed by atoms with E-state index in [0.717, 1.165) is 24.3 Å². The number of nitrogens with one attached hydrogen (secondary N) is 2. The van der Waals surface area contributed by atoms with Crippen LogP contribution in [0.3, 0.4) is 0 Å². The summed E-state index contributed by atoms with van der Waals surface area (Å²) in [4.78, 5) is 13.6. The van der Waals surface area contributed by atoms with Gasteiger partial charge in [-0.1, -0.05) is 31.5 Å². The molecule has 4 heteroatoms. The minimum absolute atomic E-state index is 0.0756. The quantitative estimate of drug-likeness (QED) is 0.880. The van der Waals surface area contributed by atoms with Crippen LogP contribution in [0.25, 0.3) is 0 Å². The maximum absolute atomic E-state index is 12.2. The van der Waals surface area contributed by atoms with E-state index in [4.69, 9.17) is 11.6 Å². The second kappa shape index (κ2) is 6.59. The van der Waals surface area contributed by atoms with Crippen LogP contribution in [0.5, 0.6) is 0 Å². The first-order valence-electron chi connectivity index (χ1n) is 7.34. The number of hydrogen-bond acceptors (Lipinski definition) is 1. The van der Waals surface area contributed by atoms with Gasteiger partial charge in [0.25, 0.3) is 5.91 Å². The number of halogens is 1. The van der Waals surface area contributed by atoms with Crippen LogP contribution in [0.2, 0.25) is 5.02 Å². The van der Waals surface area contributed by atoms with Crippen molar-refractivity contribution in [3.63, 3.8) is 0 Å². The molecular weight excluding hydrogens is 272 g/mol. The maximum Gasteiger partial charge on any atom is 0.279 e. The fourth-order valence-electron chi connectivity index (χ4n) is 3.23. The minimum atomic E-state index is 0.0756. The number of piperidine rings is 1. The van der Waals surface area contributed by atoms with E-state index >= 15 is 0 Å². The standard InChI is InChI=1S/C16H23ClN2O/c1-11-7-12(2)9-19(8-11)10-16(20)18-15-6-4-5-14(17)13(15)3/h4-6,11-12H,7-10H2,1-3H3,(H,18,20)/p+1/t11-,12-/m1/s1. The van der Waals surface area contributed by atoms with Crippen molar-refractivity contribution in [1.29, 1.82) is 0 Å². The molecule has 1 heterocycles. The topological polar surface area (TPSA) is 33.5 Å². The zero-order chi connectivity index (χ0) is 14.7. The Balaban J connectivity index is 1.94. The molecule has 20 heavy (non-hydrogen) atoms. The van der Waals surface area contributed by atoms with Gasteiger partial charge in [0.2, 0.25) is 0 Å². The summed E-state index contributed by atoms with van der Waals surface area (Å²) in [6, 6.07) is 5.60. The zero-order valence-corrected chi connectivity index (χ0v) is 13.3. The SMILES string of the molecule is Cc1c(Cl)cccc1NC(=O)C[NH+]1C[C@H](C)C[C@@H](C)C1.